The molecule has 0 spiro atoms. The van der Waals surface area contributed by atoms with E-state index in [2.05, 4.69) is 26.4 Å². The number of hydrogen-bond donors (Lipinski definition) is 2. The van der Waals surface area contributed by atoms with E-state index in [4.69, 9.17) is 0 Å². The van der Waals surface area contributed by atoms with E-state index in [9.17, 15) is 9.59 Å². The van der Waals surface area contributed by atoms with Crippen molar-refractivity contribution >= 4 is 23.2 Å². The highest BCUT2D eigenvalue weighted by molar-refractivity contribution is 7.15. The number of amides is 2. The summed E-state index contributed by atoms with van der Waals surface area (Å²) in [5.74, 6) is -0.789. The second kappa shape index (κ2) is 7.68. The van der Waals surface area contributed by atoms with Gasteiger partial charge in [0, 0.05) is 22.8 Å². The fourth-order valence-electron chi connectivity index (χ4n) is 2.82. The predicted molar refractivity (Wildman–Crippen MR) is 107 cm³/mol. The number of aromatic nitrogens is 5. The number of benzene rings is 1. The molecule has 4 aromatic rings. The van der Waals surface area contributed by atoms with Gasteiger partial charge in [-0.15, -0.1) is 16.4 Å². The molecule has 1 aromatic carbocycles. The van der Waals surface area contributed by atoms with Gasteiger partial charge in [0.25, 0.3) is 11.8 Å². The average Bonchev–Trinajstić information content (AvgIpc) is 3.49. The van der Waals surface area contributed by atoms with Crippen LogP contribution in [0.1, 0.15) is 31.2 Å². The highest BCUT2D eigenvalue weighted by Gasteiger charge is 2.21. The maximum Gasteiger partial charge on any atom is 0.272 e. The predicted octanol–water partition coefficient (Wildman–Crippen LogP) is 2.21. The van der Waals surface area contributed by atoms with Gasteiger partial charge >= 0.3 is 0 Å². The zero-order valence-electron chi connectivity index (χ0n) is 15.7. The summed E-state index contributed by atoms with van der Waals surface area (Å²) in [6.45, 7) is 3.86. The molecule has 2 amide bonds. The van der Waals surface area contributed by atoms with Crippen LogP contribution >= 0.6 is 11.3 Å². The van der Waals surface area contributed by atoms with E-state index in [1.807, 2.05) is 42.9 Å². The van der Waals surface area contributed by atoms with Gasteiger partial charge in [0.2, 0.25) is 0 Å². The van der Waals surface area contributed by atoms with Crippen LogP contribution in [0.3, 0.4) is 0 Å². The molecular weight excluding hydrogens is 390 g/mol. The Morgan fingerprint density at radius 1 is 1.00 bits per heavy atom. The van der Waals surface area contributed by atoms with Gasteiger partial charge < -0.3 is 4.57 Å². The lowest BCUT2D eigenvalue weighted by Gasteiger charge is -2.10. The molecule has 3 aromatic heterocycles. The second-order valence-electron chi connectivity index (χ2n) is 6.26. The van der Waals surface area contributed by atoms with Gasteiger partial charge in [-0.05, 0) is 66.2 Å². The summed E-state index contributed by atoms with van der Waals surface area (Å²) in [6, 6.07) is 10.5. The maximum absolute atomic E-state index is 12.8. The van der Waals surface area contributed by atoms with Crippen molar-refractivity contribution in [3.63, 3.8) is 0 Å². The van der Waals surface area contributed by atoms with Crippen molar-refractivity contribution in [3.8, 4) is 10.7 Å². The zero-order valence-corrected chi connectivity index (χ0v) is 16.5. The Kier molecular flexibility index (Phi) is 4.92. The van der Waals surface area contributed by atoms with Crippen LogP contribution in [0.2, 0.25) is 0 Å². The fourth-order valence-corrected chi connectivity index (χ4v) is 3.94. The molecule has 3 heterocycles. The highest BCUT2D eigenvalue weighted by atomic mass is 32.1. The number of hydrogen-bond acceptors (Lipinski definition) is 6. The molecule has 29 heavy (non-hydrogen) atoms. The van der Waals surface area contributed by atoms with E-state index in [0.717, 1.165) is 21.1 Å². The second-order valence-corrected chi connectivity index (χ2v) is 7.47. The molecule has 0 atom stereocenters. The topological polar surface area (TPSA) is 107 Å². The first-order valence-corrected chi connectivity index (χ1v) is 9.53. The molecule has 146 valence electrons. The Bertz CT molecular complexity index is 1150. The van der Waals surface area contributed by atoms with Gasteiger partial charge in [0.15, 0.2) is 0 Å². The van der Waals surface area contributed by atoms with Gasteiger partial charge in [0.1, 0.15) is 11.3 Å². The summed E-state index contributed by atoms with van der Waals surface area (Å²) in [4.78, 5) is 26.2. The molecule has 4 rings (SSSR count). The van der Waals surface area contributed by atoms with Crippen LogP contribution in [-0.2, 0) is 0 Å². The summed E-state index contributed by atoms with van der Waals surface area (Å²) in [6.07, 6.45) is 5.22. The number of nitrogens with one attached hydrogen (secondary N) is 2. The van der Waals surface area contributed by atoms with Crippen molar-refractivity contribution in [1.29, 1.82) is 0 Å². The number of nitrogens with zero attached hydrogens (tertiary/aromatic N) is 5. The van der Waals surface area contributed by atoms with Gasteiger partial charge in [-0.25, -0.2) is 4.68 Å². The minimum atomic E-state index is -0.422. The van der Waals surface area contributed by atoms with Crippen LogP contribution in [-0.4, -0.2) is 36.6 Å². The normalized spacial score (nSPS) is 10.7. The van der Waals surface area contributed by atoms with Gasteiger partial charge in [-0.2, -0.15) is 0 Å². The molecule has 0 radical (unpaired) electrons. The average molecular weight is 407 g/mol. The smallest absolute Gasteiger partial charge is 0.272 e. The molecule has 10 heteroatoms. The van der Waals surface area contributed by atoms with Crippen molar-refractivity contribution in [2.75, 3.05) is 0 Å². The lowest BCUT2D eigenvalue weighted by molar-refractivity contribution is 0.0846. The standard InChI is InChI=1S/C19H17N7O2S/c1-12-13(2)29-19(25-9-3-4-10-25)16(12)18(28)22-21-17(27)14-5-7-15(8-6-14)26-11-20-23-24-26/h3-11H,1-2H3,(H,21,27)(H,22,28). The summed E-state index contributed by atoms with van der Waals surface area (Å²) in [5, 5.41) is 11.7. The first-order valence-electron chi connectivity index (χ1n) is 8.72. The van der Waals surface area contributed by atoms with Gasteiger partial charge in [0.05, 0.1) is 11.3 Å². The van der Waals surface area contributed by atoms with E-state index < -0.39 is 5.91 Å². The third-order valence-corrected chi connectivity index (χ3v) is 5.69. The first-order chi connectivity index (χ1) is 14.0. The Labute approximate surface area is 169 Å². The number of carbonyl (C=O) groups excluding carboxylic acids is 2. The highest BCUT2D eigenvalue weighted by Crippen LogP contribution is 2.30. The van der Waals surface area contributed by atoms with Crippen LogP contribution in [0.25, 0.3) is 10.7 Å². The maximum atomic E-state index is 12.8. The van der Waals surface area contributed by atoms with Crippen molar-refractivity contribution in [2.24, 2.45) is 0 Å². The van der Waals surface area contributed by atoms with Gasteiger partial charge in [-0.1, -0.05) is 0 Å². The van der Waals surface area contributed by atoms with Crippen LogP contribution in [0, 0.1) is 13.8 Å². The summed E-state index contributed by atoms with van der Waals surface area (Å²) < 4.78 is 3.37. The van der Waals surface area contributed by atoms with Crippen molar-refractivity contribution in [2.45, 2.75) is 13.8 Å². The summed E-state index contributed by atoms with van der Waals surface area (Å²) in [5.41, 5.74) is 7.52. The van der Waals surface area contributed by atoms with Crippen LogP contribution in [0.5, 0.6) is 0 Å². The number of aryl methyl sites for hydroxylation is 1. The number of carbonyl (C=O) groups is 2. The van der Waals surface area contributed by atoms with Crippen molar-refractivity contribution < 1.29 is 9.59 Å². The molecule has 0 aliphatic carbocycles. The molecule has 9 nitrogen and oxygen atoms in total. The third-order valence-electron chi connectivity index (χ3n) is 4.47. The minimum Gasteiger partial charge on any atom is -0.315 e. The molecular formula is C19H17N7O2S. The van der Waals surface area contributed by atoms with Crippen LogP contribution < -0.4 is 10.9 Å². The Hall–Kier alpha value is -3.79. The fraction of sp³-hybridized carbons (Fsp3) is 0.105. The van der Waals surface area contributed by atoms with Gasteiger partial charge in [-0.3, -0.25) is 20.4 Å². The lowest BCUT2D eigenvalue weighted by Crippen LogP contribution is -2.42. The largest absolute Gasteiger partial charge is 0.315 e. The molecule has 0 aliphatic rings. The number of hydrazine groups is 1. The number of thiophene rings is 1. The zero-order chi connectivity index (χ0) is 20.4. The molecule has 0 saturated heterocycles. The summed E-state index contributed by atoms with van der Waals surface area (Å²) in [7, 11) is 0. The molecule has 0 aliphatic heterocycles. The van der Waals surface area contributed by atoms with E-state index in [0.29, 0.717) is 11.1 Å². The van der Waals surface area contributed by atoms with E-state index in [-0.39, 0.29) is 5.91 Å². The molecule has 2 N–H and O–H groups in total. The van der Waals surface area contributed by atoms with Crippen molar-refractivity contribution in [3.05, 3.63) is 76.7 Å². The minimum absolute atomic E-state index is 0.366. The quantitative estimate of drug-likeness (QED) is 0.505. The van der Waals surface area contributed by atoms with Crippen LogP contribution in [0.4, 0.5) is 0 Å². The SMILES string of the molecule is Cc1sc(-n2cccc2)c(C(=O)NNC(=O)c2ccc(-n3cnnn3)cc2)c1C. The molecule has 0 fully saturated rings. The monoisotopic (exact) mass is 407 g/mol. The number of tetrazole rings is 1. The van der Waals surface area contributed by atoms with E-state index in [1.165, 1.54) is 22.3 Å². The lowest BCUT2D eigenvalue weighted by atomic mass is 10.1. The molecule has 0 bridgehead atoms. The van der Waals surface area contributed by atoms with E-state index in [1.54, 1.807) is 24.3 Å². The number of rotatable bonds is 4. The van der Waals surface area contributed by atoms with Crippen LogP contribution in [0.15, 0.2) is 55.1 Å². The van der Waals surface area contributed by atoms with E-state index >= 15 is 0 Å². The Morgan fingerprint density at radius 2 is 1.69 bits per heavy atom. The molecule has 0 saturated carbocycles. The Morgan fingerprint density at radius 3 is 2.34 bits per heavy atom. The third kappa shape index (κ3) is 3.65. The summed E-state index contributed by atoms with van der Waals surface area (Å²) >= 11 is 1.53. The molecule has 0 unspecified atom stereocenters. The Balaban J connectivity index is 1.47. The van der Waals surface area contributed by atoms with Crippen molar-refractivity contribution in [1.82, 2.24) is 35.6 Å². The first kappa shape index (κ1) is 18.6.